The van der Waals surface area contributed by atoms with Crippen LogP contribution in [0.1, 0.15) is 53.3 Å². The third-order valence-corrected chi connectivity index (χ3v) is 5.15. The molecule has 0 bridgehead atoms. The van der Waals surface area contributed by atoms with Gasteiger partial charge in [0.15, 0.2) is 0 Å². The van der Waals surface area contributed by atoms with Crippen LogP contribution in [0.3, 0.4) is 0 Å². The number of benzene rings is 2. The quantitative estimate of drug-likeness (QED) is 0.607. The lowest BCUT2D eigenvalue weighted by Crippen LogP contribution is -2.35. The van der Waals surface area contributed by atoms with Crippen molar-refractivity contribution in [3.63, 3.8) is 0 Å². The molecule has 1 aliphatic rings. The van der Waals surface area contributed by atoms with Crippen molar-refractivity contribution in [1.82, 2.24) is 10.2 Å². The minimum Gasteiger partial charge on any atom is -0.376 e. The summed E-state index contributed by atoms with van der Waals surface area (Å²) in [6.07, 6.45) is 4.13. The van der Waals surface area contributed by atoms with Gasteiger partial charge in [0, 0.05) is 42.1 Å². The van der Waals surface area contributed by atoms with Crippen LogP contribution in [0, 0.1) is 0 Å². The first-order valence-corrected chi connectivity index (χ1v) is 10.9. The van der Waals surface area contributed by atoms with Crippen molar-refractivity contribution in [2.24, 2.45) is 0 Å². The maximum absolute atomic E-state index is 12.7. The van der Waals surface area contributed by atoms with E-state index in [1.54, 1.807) is 36.4 Å². The number of nitrogens with one attached hydrogen (secondary N) is 3. The molecular weight excluding hydrogens is 392 g/mol. The Kier molecular flexibility index (Phi) is 8.04. The molecule has 3 rings (SSSR count). The number of carbonyl (C=O) groups excluding carboxylic acids is 3. The van der Waals surface area contributed by atoms with E-state index in [0.717, 1.165) is 32.4 Å². The van der Waals surface area contributed by atoms with Crippen LogP contribution in [0.25, 0.3) is 0 Å². The lowest BCUT2D eigenvalue weighted by atomic mass is 10.1. The van der Waals surface area contributed by atoms with Crippen LogP contribution in [-0.2, 0) is 4.79 Å². The highest BCUT2D eigenvalue weighted by Gasteiger charge is 2.18. The number of rotatable bonds is 8. The molecule has 7 nitrogen and oxygen atoms in total. The molecule has 7 heteroatoms. The van der Waals surface area contributed by atoms with Gasteiger partial charge in [-0.25, -0.2) is 0 Å². The van der Waals surface area contributed by atoms with Gasteiger partial charge in [-0.05, 0) is 62.1 Å². The molecule has 1 heterocycles. The summed E-state index contributed by atoms with van der Waals surface area (Å²) in [5, 5.41) is 8.68. The number of nitrogens with zero attached hydrogens (tertiary/aromatic N) is 1. The second kappa shape index (κ2) is 11.2. The molecule has 0 spiro atoms. The number of piperidine rings is 1. The molecule has 1 fully saturated rings. The van der Waals surface area contributed by atoms with Gasteiger partial charge in [0.1, 0.15) is 0 Å². The van der Waals surface area contributed by atoms with Gasteiger partial charge in [-0.15, -0.1) is 0 Å². The fourth-order valence-corrected chi connectivity index (χ4v) is 3.51. The topological polar surface area (TPSA) is 90.5 Å². The molecule has 0 radical (unpaired) electrons. The summed E-state index contributed by atoms with van der Waals surface area (Å²) >= 11 is 0. The first kappa shape index (κ1) is 22.3. The Hall–Kier alpha value is -3.35. The van der Waals surface area contributed by atoms with E-state index in [0.29, 0.717) is 29.0 Å². The monoisotopic (exact) mass is 422 g/mol. The van der Waals surface area contributed by atoms with Gasteiger partial charge in [-0.2, -0.15) is 0 Å². The van der Waals surface area contributed by atoms with E-state index in [2.05, 4.69) is 16.0 Å². The van der Waals surface area contributed by atoms with Crippen LogP contribution in [-0.4, -0.2) is 48.8 Å². The lowest BCUT2D eigenvalue weighted by Gasteiger charge is -2.26. The molecule has 0 atom stereocenters. The van der Waals surface area contributed by atoms with Gasteiger partial charge < -0.3 is 20.9 Å². The molecule has 1 aliphatic heterocycles. The second-order valence-corrected chi connectivity index (χ2v) is 7.67. The summed E-state index contributed by atoms with van der Waals surface area (Å²) in [7, 11) is 0. The molecule has 3 N–H and O–H groups in total. The second-order valence-electron chi connectivity index (χ2n) is 7.67. The van der Waals surface area contributed by atoms with Crippen LogP contribution >= 0.6 is 0 Å². The highest BCUT2D eigenvalue weighted by molar-refractivity contribution is 5.98. The fourth-order valence-electron chi connectivity index (χ4n) is 3.51. The Morgan fingerprint density at radius 2 is 1.58 bits per heavy atom. The number of anilines is 2. The molecule has 0 unspecified atom stereocenters. The molecule has 1 saturated heterocycles. The van der Waals surface area contributed by atoms with Gasteiger partial charge in [0.05, 0.1) is 6.54 Å². The van der Waals surface area contributed by atoms with E-state index in [-0.39, 0.29) is 24.3 Å². The van der Waals surface area contributed by atoms with E-state index in [1.807, 2.05) is 24.0 Å². The summed E-state index contributed by atoms with van der Waals surface area (Å²) in [4.78, 5) is 39.0. The zero-order valence-electron chi connectivity index (χ0n) is 17.9. The number of hydrogen-bond acceptors (Lipinski definition) is 4. The Balaban J connectivity index is 1.54. The van der Waals surface area contributed by atoms with E-state index >= 15 is 0 Å². The molecular formula is C24H30N4O3. The van der Waals surface area contributed by atoms with Crippen LogP contribution in [0.2, 0.25) is 0 Å². The molecule has 0 saturated carbocycles. The molecule has 0 aromatic heterocycles. The predicted molar refractivity (Wildman–Crippen MR) is 122 cm³/mol. The zero-order valence-corrected chi connectivity index (χ0v) is 17.9. The maximum atomic E-state index is 12.7. The first-order chi connectivity index (χ1) is 15.1. The highest BCUT2D eigenvalue weighted by Crippen LogP contribution is 2.16. The fraction of sp³-hybridized carbons (Fsp3) is 0.375. The minimum atomic E-state index is -0.237. The summed E-state index contributed by atoms with van der Waals surface area (Å²) in [6.45, 7) is 4.25. The van der Waals surface area contributed by atoms with E-state index in [1.165, 1.54) is 6.42 Å². The van der Waals surface area contributed by atoms with Crippen molar-refractivity contribution in [3.8, 4) is 0 Å². The molecule has 164 valence electrons. The molecule has 31 heavy (non-hydrogen) atoms. The number of carbonyl (C=O) groups is 3. The smallest absolute Gasteiger partial charge is 0.253 e. The average Bonchev–Trinajstić information content (AvgIpc) is 2.81. The average molecular weight is 423 g/mol. The summed E-state index contributed by atoms with van der Waals surface area (Å²) < 4.78 is 0. The van der Waals surface area contributed by atoms with Crippen molar-refractivity contribution in [3.05, 3.63) is 59.7 Å². The van der Waals surface area contributed by atoms with Crippen molar-refractivity contribution in [2.75, 3.05) is 36.8 Å². The number of hydrogen-bond donors (Lipinski definition) is 3. The van der Waals surface area contributed by atoms with Crippen LogP contribution < -0.4 is 16.0 Å². The van der Waals surface area contributed by atoms with E-state index in [9.17, 15) is 14.4 Å². The Morgan fingerprint density at radius 1 is 0.903 bits per heavy atom. The van der Waals surface area contributed by atoms with Crippen molar-refractivity contribution >= 4 is 29.1 Å². The van der Waals surface area contributed by atoms with Gasteiger partial charge >= 0.3 is 0 Å². The summed E-state index contributed by atoms with van der Waals surface area (Å²) in [5.74, 6) is -0.365. The highest BCUT2D eigenvalue weighted by atomic mass is 16.2. The summed E-state index contributed by atoms with van der Waals surface area (Å²) in [5.41, 5.74) is 2.40. The normalized spacial score (nSPS) is 13.4. The van der Waals surface area contributed by atoms with Gasteiger partial charge in [0.25, 0.3) is 11.8 Å². The van der Waals surface area contributed by atoms with Gasteiger partial charge in [0.2, 0.25) is 5.91 Å². The maximum Gasteiger partial charge on any atom is 0.253 e. The SMILES string of the molecule is CCCNC(=O)c1cccc(NC(=O)CNc2cccc(C(=O)N3CCCCC3)c2)c1. The molecule has 2 aromatic rings. The van der Waals surface area contributed by atoms with Gasteiger partial charge in [-0.1, -0.05) is 19.1 Å². The van der Waals surface area contributed by atoms with Crippen molar-refractivity contribution in [1.29, 1.82) is 0 Å². The van der Waals surface area contributed by atoms with Crippen LogP contribution in [0.4, 0.5) is 11.4 Å². The lowest BCUT2D eigenvalue weighted by molar-refractivity contribution is -0.114. The van der Waals surface area contributed by atoms with Crippen molar-refractivity contribution < 1.29 is 14.4 Å². The Labute approximate surface area is 183 Å². The number of amides is 3. The minimum absolute atomic E-state index is 0.0333. The summed E-state index contributed by atoms with van der Waals surface area (Å²) in [6, 6.07) is 14.1. The van der Waals surface area contributed by atoms with Gasteiger partial charge in [-0.3, -0.25) is 14.4 Å². The Morgan fingerprint density at radius 3 is 2.32 bits per heavy atom. The third-order valence-electron chi connectivity index (χ3n) is 5.15. The first-order valence-electron chi connectivity index (χ1n) is 10.9. The molecule has 0 aliphatic carbocycles. The molecule has 3 amide bonds. The van der Waals surface area contributed by atoms with Crippen LogP contribution in [0.5, 0.6) is 0 Å². The van der Waals surface area contributed by atoms with Crippen LogP contribution in [0.15, 0.2) is 48.5 Å². The predicted octanol–water partition coefficient (Wildman–Crippen LogP) is 3.50. The van der Waals surface area contributed by atoms with Crippen molar-refractivity contribution in [2.45, 2.75) is 32.6 Å². The third kappa shape index (κ3) is 6.57. The largest absolute Gasteiger partial charge is 0.376 e. The standard InChI is InChI=1S/C24H30N4O3/c1-2-12-25-23(30)18-8-6-11-21(15-18)27-22(29)17-26-20-10-7-9-19(16-20)24(31)28-13-4-3-5-14-28/h6-11,15-16,26H,2-5,12-14,17H2,1H3,(H,25,30)(H,27,29). The number of likely N-dealkylation sites (tertiary alicyclic amines) is 1. The zero-order chi connectivity index (χ0) is 22.1. The molecule has 2 aromatic carbocycles. The van der Waals surface area contributed by atoms with E-state index < -0.39 is 0 Å². The Bertz CT molecular complexity index is 923. The van der Waals surface area contributed by atoms with E-state index in [4.69, 9.17) is 0 Å².